The minimum atomic E-state index is -0.778. The van der Waals surface area contributed by atoms with Gasteiger partial charge in [0, 0.05) is 12.0 Å². The van der Waals surface area contributed by atoms with Gasteiger partial charge in [-0.05, 0) is 44.9 Å². The first-order valence-electron chi connectivity index (χ1n) is 9.63. The highest BCUT2D eigenvalue weighted by Gasteiger charge is 2.39. The molecule has 1 N–H and O–H groups in total. The lowest BCUT2D eigenvalue weighted by Crippen LogP contribution is -2.34. The zero-order chi connectivity index (χ0) is 19.5. The Labute approximate surface area is 158 Å². The van der Waals surface area contributed by atoms with Crippen molar-refractivity contribution in [3.8, 4) is 11.5 Å². The fraction of sp³-hybridized carbons (Fsp3) is 0.500. The van der Waals surface area contributed by atoms with Crippen molar-refractivity contribution >= 4 is 17.0 Å². The van der Waals surface area contributed by atoms with Gasteiger partial charge in [-0.2, -0.15) is 0 Å². The van der Waals surface area contributed by atoms with E-state index in [0.29, 0.717) is 22.6 Å². The number of aliphatic hydroxyl groups excluding tert-OH is 1. The third-order valence-electron chi connectivity index (χ3n) is 5.62. The zero-order valence-corrected chi connectivity index (χ0v) is 16.5. The van der Waals surface area contributed by atoms with Gasteiger partial charge in [-0.25, -0.2) is 4.79 Å². The molecule has 2 aliphatic rings. The topological polar surface area (TPSA) is 68.9 Å². The highest BCUT2D eigenvalue weighted by atomic mass is 16.7. The Hall–Kier alpha value is -2.27. The minimum Gasteiger partial charge on any atom is -0.489 e. The second-order valence-electron chi connectivity index (χ2n) is 8.20. The van der Waals surface area contributed by atoms with Crippen LogP contribution < -0.4 is 15.1 Å². The SMILES string of the molecule is CCCc1cc(=O)oc2c3c(c4c(c12)OC(C)(C)C=C4)O[14C@H]([14CH3])[C@@H](C)[C@@H]3O. The molecule has 0 spiro atoms. The van der Waals surface area contributed by atoms with Crippen LogP contribution in [0.4, 0.5) is 0 Å². The van der Waals surface area contributed by atoms with Crippen molar-refractivity contribution in [3.05, 3.63) is 39.3 Å². The molecule has 27 heavy (non-hydrogen) atoms. The number of aryl methyl sites for hydroxylation is 1. The average Bonchev–Trinajstić information content (AvgIpc) is 2.58. The van der Waals surface area contributed by atoms with Crippen LogP contribution in [0.5, 0.6) is 11.5 Å². The summed E-state index contributed by atoms with van der Waals surface area (Å²) >= 11 is 0. The lowest BCUT2D eigenvalue weighted by molar-refractivity contribution is 0.0173. The molecule has 0 bridgehead atoms. The predicted molar refractivity (Wildman–Crippen MR) is 104 cm³/mol. The Balaban J connectivity index is 2.17. The lowest BCUT2D eigenvalue weighted by atomic mass is 9.90. The molecular weight excluding hydrogens is 348 g/mol. The molecule has 3 atom stereocenters. The van der Waals surface area contributed by atoms with Crippen LogP contribution in [0, 0.1) is 5.92 Å². The molecule has 0 saturated carbocycles. The molecule has 2 aliphatic heterocycles. The van der Waals surface area contributed by atoms with Gasteiger partial charge in [-0.1, -0.05) is 20.3 Å². The first-order chi connectivity index (χ1) is 12.7. The van der Waals surface area contributed by atoms with Crippen molar-refractivity contribution < 1.29 is 19.0 Å². The first kappa shape index (κ1) is 18.1. The van der Waals surface area contributed by atoms with Crippen molar-refractivity contribution in [3.63, 3.8) is 0 Å². The molecule has 0 saturated heterocycles. The second-order valence-corrected chi connectivity index (χ2v) is 8.20. The molecule has 3 heterocycles. The van der Waals surface area contributed by atoms with E-state index in [0.717, 1.165) is 29.4 Å². The van der Waals surface area contributed by atoms with Crippen molar-refractivity contribution in [2.24, 2.45) is 5.92 Å². The smallest absolute Gasteiger partial charge is 0.336 e. The second kappa shape index (κ2) is 6.13. The number of hydrogen-bond donors (Lipinski definition) is 1. The van der Waals surface area contributed by atoms with Crippen LogP contribution in [0.15, 0.2) is 21.4 Å². The first-order valence-corrected chi connectivity index (χ1v) is 9.63. The molecule has 0 unspecified atom stereocenters. The number of hydrogen-bond acceptors (Lipinski definition) is 5. The highest BCUT2D eigenvalue weighted by Crippen LogP contribution is 2.52. The van der Waals surface area contributed by atoms with Crippen molar-refractivity contribution in [2.45, 2.75) is 65.3 Å². The van der Waals surface area contributed by atoms with Gasteiger partial charge in [0.1, 0.15) is 23.2 Å². The van der Waals surface area contributed by atoms with Gasteiger partial charge in [0.25, 0.3) is 0 Å². The zero-order valence-electron chi connectivity index (χ0n) is 16.5. The van der Waals surface area contributed by atoms with Crippen LogP contribution >= 0.6 is 0 Å². The Morgan fingerprint density at radius 2 is 2.07 bits per heavy atom. The largest absolute Gasteiger partial charge is 0.489 e. The van der Waals surface area contributed by atoms with Crippen LogP contribution in [0.2, 0.25) is 0 Å². The predicted octanol–water partition coefficient (Wildman–Crippen LogP) is 4.38. The summed E-state index contributed by atoms with van der Waals surface area (Å²) < 4.78 is 18.1. The summed E-state index contributed by atoms with van der Waals surface area (Å²) in [4.78, 5) is 12.3. The molecule has 5 nitrogen and oxygen atoms in total. The monoisotopic (exact) mass is 374 g/mol. The molecule has 0 fully saturated rings. The average molecular weight is 374 g/mol. The molecular formula is C22H26O5. The van der Waals surface area contributed by atoms with Crippen LogP contribution in [0.1, 0.15) is 63.8 Å². The molecule has 144 valence electrons. The van der Waals surface area contributed by atoms with E-state index in [-0.39, 0.29) is 12.0 Å². The Morgan fingerprint density at radius 1 is 1.33 bits per heavy atom. The van der Waals surface area contributed by atoms with Gasteiger partial charge >= 0.3 is 5.63 Å². The summed E-state index contributed by atoms with van der Waals surface area (Å²) in [6.45, 7) is 9.91. The summed E-state index contributed by atoms with van der Waals surface area (Å²) in [6.07, 6.45) is 4.65. The van der Waals surface area contributed by atoms with E-state index < -0.39 is 17.3 Å². The maximum Gasteiger partial charge on any atom is 0.336 e. The Bertz CT molecular complexity index is 998. The number of rotatable bonds is 2. The Morgan fingerprint density at radius 3 is 2.78 bits per heavy atom. The normalized spacial score (nSPS) is 25.5. The molecule has 2 aromatic rings. The van der Waals surface area contributed by atoms with Gasteiger partial charge in [-0.3, -0.25) is 0 Å². The summed E-state index contributed by atoms with van der Waals surface area (Å²) in [5, 5.41) is 11.8. The van der Waals surface area contributed by atoms with E-state index >= 15 is 0 Å². The van der Waals surface area contributed by atoms with Crippen LogP contribution in [-0.4, -0.2) is 16.8 Å². The van der Waals surface area contributed by atoms with Crippen molar-refractivity contribution in [1.82, 2.24) is 0 Å². The summed E-state index contributed by atoms with van der Waals surface area (Å²) in [5.41, 5.74) is 1.72. The third-order valence-corrected chi connectivity index (χ3v) is 5.62. The summed E-state index contributed by atoms with van der Waals surface area (Å²) in [7, 11) is 0. The molecule has 0 radical (unpaired) electrons. The van der Waals surface area contributed by atoms with E-state index in [2.05, 4.69) is 6.92 Å². The molecule has 0 aliphatic carbocycles. The highest BCUT2D eigenvalue weighted by molar-refractivity contribution is 5.97. The minimum absolute atomic E-state index is 0.121. The third kappa shape index (κ3) is 2.76. The van der Waals surface area contributed by atoms with Gasteiger partial charge in [0.15, 0.2) is 5.58 Å². The maximum atomic E-state index is 12.3. The molecule has 0 amide bonds. The van der Waals surface area contributed by atoms with E-state index in [4.69, 9.17) is 13.9 Å². The molecule has 1 aromatic carbocycles. The maximum absolute atomic E-state index is 12.3. The van der Waals surface area contributed by atoms with E-state index in [1.807, 2.05) is 39.8 Å². The molecule has 5 heteroatoms. The van der Waals surface area contributed by atoms with Gasteiger partial charge in [0.2, 0.25) is 0 Å². The van der Waals surface area contributed by atoms with E-state index in [1.165, 1.54) is 6.07 Å². The van der Waals surface area contributed by atoms with Crippen molar-refractivity contribution in [1.29, 1.82) is 0 Å². The fourth-order valence-corrected chi connectivity index (χ4v) is 3.98. The summed E-state index contributed by atoms with van der Waals surface area (Å²) in [5.74, 6) is 1.10. The number of aliphatic hydroxyl groups is 1. The van der Waals surface area contributed by atoms with Gasteiger partial charge in [-0.15, -0.1) is 0 Å². The number of benzene rings is 1. The number of ether oxygens (including phenoxy) is 2. The van der Waals surface area contributed by atoms with Crippen molar-refractivity contribution in [2.75, 3.05) is 0 Å². The lowest BCUT2D eigenvalue weighted by Gasteiger charge is -2.37. The molecule has 4 rings (SSSR count). The van der Waals surface area contributed by atoms with Crippen LogP contribution in [0.25, 0.3) is 17.0 Å². The van der Waals surface area contributed by atoms with E-state index in [9.17, 15) is 9.90 Å². The molecule has 1 aromatic heterocycles. The quantitative estimate of drug-likeness (QED) is 0.790. The van der Waals surface area contributed by atoms with Crippen LogP contribution in [-0.2, 0) is 6.42 Å². The van der Waals surface area contributed by atoms with Gasteiger partial charge in [0.05, 0.1) is 22.6 Å². The fourth-order valence-electron chi connectivity index (χ4n) is 3.98. The standard InChI is InChI=1S/C22H26O5/c1-6-7-13-10-15(23)26-21-16(13)20-14(8-9-22(4,5)27-20)19-17(21)18(24)11(2)12(3)25-19/h8-12,18,24H,6-7H2,1-5H3/t11-,12-,18+/m1/s1/i3+2,12+2. The van der Waals surface area contributed by atoms with Crippen LogP contribution in [0.3, 0.4) is 0 Å². The summed E-state index contributed by atoms with van der Waals surface area (Å²) in [6, 6.07) is 1.54. The number of fused-ring (bicyclic) bond motifs is 6. The van der Waals surface area contributed by atoms with Gasteiger partial charge < -0.3 is 19.0 Å². The Kier molecular flexibility index (Phi) is 4.11. The van der Waals surface area contributed by atoms with E-state index in [1.54, 1.807) is 0 Å².